The Bertz CT molecular complexity index is 808. The summed E-state index contributed by atoms with van der Waals surface area (Å²) in [6.07, 6.45) is 2.12. The average Bonchev–Trinajstić information content (AvgIpc) is 2.76. The number of carbonyl (C=O) groups is 3. The van der Waals surface area contributed by atoms with Gasteiger partial charge in [-0.15, -0.1) is 0 Å². The third kappa shape index (κ3) is 8.47. The summed E-state index contributed by atoms with van der Waals surface area (Å²) in [5.74, 6) is -1.04. The van der Waals surface area contributed by atoms with Crippen molar-refractivity contribution in [3.05, 3.63) is 71.8 Å². The molecule has 0 aliphatic heterocycles. The lowest BCUT2D eigenvalue weighted by Crippen LogP contribution is -2.43. The van der Waals surface area contributed by atoms with Crippen LogP contribution >= 0.6 is 0 Å². The van der Waals surface area contributed by atoms with Gasteiger partial charge in [-0.3, -0.25) is 9.59 Å². The van der Waals surface area contributed by atoms with Crippen molar-refractivity contribution in [1.29, 1.82) is 0 Å². The van der Waals surface area contributed by atoms with Crippen molar-refractivity contribution < 1.29 is 19.1 Å². The van der Waals surface area contributed by atoms with Crippen molar-refractivity contribution in [3.63, 3.8) is 0 Å². The van der Waals surface area contributed by atoms with E-state index >= 15 is 0 Å². The molecule has 2 N–H and O–H groups in total. The lowest BCUT2D eigenvalue weighted by molar-refractivity contribution is -0.145. The second kappa shape index (κ2) is 12.4. The van der Waals surface area contributed by atoms with Crippen LogP contribution in [0.2, 0.25) is 0 Å². The molecule has 0 saturated carbocycles. The molecule has 2 atom stereocenters. The summed E-state index contributed by atoms with van der Waals surface area (Å²) in [5, 5.41) is 5.60. The van der Waals surface area contributed by atoms with Gasteiger partial charge in [0.05, 0.1) is 7.11 Å². The number of esters is 1. The summed E-state index contributed by atoms with van der Waals surface area (Å²) in [4.78, 5) is 36.4. The van der Waals surface area contributed by atoms with E-state index in [9.17, 15) is 14.4 Å². The van der Waals surface area contributed by atoms with Crippen LogP contribution in [0.3, 0.4) is 0 Å². The minimum atomic E-state index is -0.780. The predicted octanol–water partition coefficient (Wildman–Crippen LogP) is 2.80. The standard InChI is InChI=1S/C24H30N2O4/c1-18(13-14-19-9-5-3-6-10-19)25-22(27)15-16-23(28)26-21(24(29)30-2)17-20-11-7-4-8-12-20/h3-12,18,21H,13-17H2,1-2H3,(H,25,27)(H,26,28)/t18-,21+/m1/s1. The molecule has 0 fully saturated rings. The summed E-state index contributed by atoms with van der Waals surface area (Å²) < 4.78 is 4.79. The highest BCUT2D eigenvalue weighted by Gasteiger charge is 2.22. The van der Waals surface area contributed by atoms with Crippen LogP contribution in [0.1, 0.15) is 37.3 Å². The first-order valence-corrected chi connectivity index (χ1v) is 10.2. The Morgan fingerprint density at radius 3 is 1.93 bits per heavy atom. The molecule has 2 aromatic carbocycles. The van der Waals surface area contributed by atoms with E-state index in [0.29, 0.717) is 6.42 Å². The van der Waals surface area contributed by atoms with E-state index in [1.807, 2.05) is 55.5 Å². The number of methoxy groups -OCH3 is 1. The number of amides is 2. The Morgan fingerprint density at radius 2 is 1.37 bits per heavy atom. The molecule has 0 aliphatic carbocycles. The van der Waals surface area contributed by atoms with Gasteiger partial charge in [0.15, 0.2) is 0 Å². The fourth-order valence-electron chi connectivity index (χ4n) is 3.13. The van der Waals surface area contributed by atoms with E-state index in [1.54, 1.807) is 0 Å². The molecule has 0 saturated heterocycles. The maximum atomic E-state index is 12.3. The molecule has 160 valence electrons. The van der Waals surface area contributed by atoms with Crippen LogP contribution < -0.4 is 10.6 Å². The van der Waals surface area contributed by atoms with E-state index < -0.39 is 12.0 Å². The van der Waals surface area contributed by atoms with Crippen LogP contribution in [0.5, 0.6) is 0 Å². The van der Waals surface area contributed by atoms with Gasteiger partial charge < -0.3 is 15.4 Å². The maximum Gasteiger partial charge on any atom is 0.328 e. The highest BCUT2D eigenvalue weighted by Crippen LogP contribution is 2.07. The number of hydrogen-bond donors (Lipinski definition) is 2. The molecule has 2 amide bonds. The zero-order valence-corrected chi connectivity index (χ0v) is 17.6. The van der Waals surface area contributed by atoms with E-state index in [-0.39, 0.29) is 30.7 Å². The first-order chi connectivity index (χ1) is 14.5. The molecule has 30 heavy (non-hydrogen) atoms. The molecule has 0 aliphatic rings. The molecule has 0 aromatic heterocycles. The Morgan fingerprint density at radius 1 is 0.833 bits per heavy atom. The monoisotopic (exact) mass is 410 g/mol. The molecule has 0 spiro atoms. The number of rotatable bonds is 11. The highest BCUT2D eigenvalue weighted by atomic mass is 16.5. The normalized spacial score (nSPS) is 12.5. The summed E-state index contributed by atoms with van der Waals surface area (Å²) in [5.41, 5.74) is 2.14. The molecule has 0 bridgehead atoms. The van der Waals surface area contributed by atoms with Gasteiger partial charge in [0.2, 0.25) is 11.8 Å². The Hall–Kier alpha value is -3.15. The van der Waals surface area contributed by atoms with Gasteiger partial charge in [0.25, 0.3) is 0 Å². The van der Waals surface area contributed by atoms with Gasteiger partial charge in [-0.2, -0.15) is 0 Å². The fourth-order valence-corrected chi connectivity index (χ4v) is 3.13. The summed E-state index contributed by atoms with van der Waals surface area (Å²) in [6, 6.07) is 18.7. The highest BCUT2D eigenvalue weighted by molar-refractivity contribution is 5.87. The van der Waals surface area contributed by atoms with Crippen LogP contribution in [0, 0.1) is 0 Å². The smallest absolute Gasteiger partial charge is 0.328 e. The van der Waals surface area contributed by atoms with Crippen molar-refractivity contribution >= 4 is 17.8 Å². The number of nitrogens with one attached hydrogen (secondary N) is 2. The lowest BCUT2D eigenvalue weighted by Gasteiger charge is -2.17. The third-order valence-corrected chi connectivity index (χ3v) is 4.80. The molecule has 0 unspecified atom stereocenters. The lowest BCUT2D eigenvalue weighted by atomic mass is 10.1. The molecule has 2 rings (SSSR count). The minimum absolute atomic E-state index is 0.0134. The van der Waals surface area contributed by atoms with Gasteiger partial charge in [-0.05, 0) is 30.9 Å². The fraction of sp³-hybridized carbons (Fsp3) is 0.375. The zero-order valence-electron chi connectivity index (χ0n) is 17.6. The van der Waals surface area contributed by atoms with Crippen LogP contribution in [-0.4, -0.2) is 37.0 Å². The van der Waals surface area contributed by atoms with Gasteiger partial charge >= 0.3 is 5.97 Å². The molecule has 6 nitrogen and oxygen atoms in total. The topological polar surface area (TPSA) is 84.5 Å². The van der Waals surface area contributed by atoms with Gasteiger partial charge in [0.1, 0.15) is 6.04 Å². The molecule has 0 radical (unpaired) electrons. The van der Waals surface area contributed by atoms with Crippen LogP contribution in [0.25, 0.3) is 0 Å². The molecule has 0 heterocycles. The number of carbonyl (C=O) groups excluding carboxylic acids is 3. The van der Waals surface area contributed by atoms with Gasteiger partial charge in [-0.25, -0.2) is 4.79 Å². The van der Waals surface area contributed by atoms with Gasteiger partial charge in [0, 0.05) is 25.3 Å². The zero-order chi connectivity index (χ0) is 21.8. The second-order valence-corrected chi connectivity index (χ2v) is 7.33. The molecular weight excluding hydrogens is 380 g/mol. The first-order valence-electron chi connectivity index (χ1n) is 10.2. The second-order valence-electron chi connectivity index (χ2n) is 7.33. The Kier molecular flexibility index (Phi) is 9.58. The molecule has 6 heteroatoms. The van der Waals surface area contributed by atoms with E-state index in [0.717, 1.165) is 18.4 Å². The van der Waals surface area contributed by atoms with E-state index in [1.165, 1.54) is 12.7 Å². The van der Waals surface area contributed by atoms with Crippen molar-refractivity contribution in [2.24, 2.45) is 0 Å². The quantitative estimate of drug-likeness (QED) is 0.558. The van der Waals surface area contributed by atoms with Crippen molar-refractivity contribution in [2.45, 2.75) is 51.1 Å². The Labute approximate surface area is 178 Å². The largest absolute Gasteiger partial charge is 0.467 e. The number of benzene rings is 2. The summed E-state index contributed by atoms with van der Waals surface area (Å²) in [7, 11) is 1.29. The average molecular weight is 411 g/mol. The first kappa shape index (κ1) is 23.1. The number of aryl methyl sites for hydroxylation is 1. The summed E-state index contributed by atoms with van der Waals surface area (Å²) in [6.45, 7) is 1.95. The van der Waals surface area contributed by atoms with Crippen LogP contribution in [0.4, 0.5) is 0 Å². The molecule has 2 aromatic rings. The maximum absolute atomic E-state index is 12.3. The van der Waals surface area contributed by atoms with E-state index in [4.69, 9.17) is 4.74 Å². The van der Waals surface area contributed by atoms with Crippen LogP contribution in [0.15, 0.2) is 60.7 Å². The van der Waals surface area contributed by atoms with E-state index in [2.05, 4.69) is 22.8 Å². The summed E-state index contributed by atoms with van der Waals surface area (Å²) >= 11 is 0. The van der Waals surface area contributed by atoms with Gasteiger partial charge in [-0.1, -0.05) is 60.7 Å². The molecular formula is C24H30N2O4. The van der Waals surface area contributed by atoms with Crippen molar-refractivity contribution in [3.8, 4) is 0 Å². The predicted molar refractivity (Wildman–Crippen MR) is 116 cm³/mol. The minimum Gasteiger partial charge on any atom is -0.467 e. The van der Waals surface area contributed by atoms with Crippen molar-refractivity contribution in [2.75, 3.05) is 7.11 Å². The third-order valence-electron chi connectivity index (χ3n) is 4.80. The Balaban J connectivity index is 1.74. The van der Waals surface area contributed by atoms with Crippen LogP contribution in [-0.2, 0) is 32.0 Å². The SMILES string of the molecule is COC(=O)[C@H](Cc1ccccc1)NC(=O)CCC(=O)N[C@H](C)CCc1ccccc1. The number of hydrogen-bond acceptors (Lipinski definition) is 4. The number of ether oxygens (including phenoxy) is 1. The van der Waals surface area contributed by atoms with Crippen molar-refractivity contribution in [1.82, 2.24) is 10.6 Å².